The Bertz CT molecular complexity index is 659. The van der Waals surface area contributed by atoms with Gasteiger partial charge in [0.25, 0.3) is 0 Å². The molecule has 0 spiro atoms. The van der Waals surface area contributed by atoms with E-state index < -0.39 is 0 Å². The highest BCUT2D eigenvalue weighted by Crippen LogP contribution is 2.53. The number of aliphatic hydroxyl groups excluding tert-OH is 1. The van der Waals surface area contributed by atoms with Crippen molar-refractivity contribution < 1.29 is 5.11 Å². The normalized spacial score (nSPS) is 30.2. The number of aliphatic hydroxyl groups is 1. The maximum Gasteiger partial charge on any atom is 0.205 e. The van der Waals surface area contributed by atoms with Crippen LogP contribution in [0.1, 0.15) is 30.7 Å². The second-order valence-electron chi connectivity index (χ2n) is 6.67. The zero-order valence-corrected chi connectivity index (χ0v) is 13.6. The maximum absolute atomic E-state index is 10.2. The van der Waals surface area contributed by atoms with Crippen LogP contribution in [0.2, 0.25) is 0 Å². The minimum absolute atomic E-state index is 0.0379. The van der Waals surface area contributed by atoms with E-state index in [4.69, 9.17) is 0 Å². The summed E-state index contributed by atoms with van der Waals surface area (Å²) in [6.45, 7) is 2.19. The van der Waals surface area contributed by atoms with E-state index in [1.54, 1.807) is 0 Å². The molecule has 0 radical (unpaired) electrons. The highest BCUT2D eigenvalue weighted by Gasteiger charge is 2.56. The van der Waals surface area contributed by atoms with Gasteiger partial charge in [-0.15, -0.1) is 0 Å². The van der Waals surface area contributed by atoms with Gasteiger partial charge in [-0.1, -0.05) is 30.3 Å². The maximum atomic E-state index is 10.2. The smallest absolute Gasteiger partial charge is 0.205 e. The third kappa shape index (κ3) is 2.15. The van der Waals surface area contributed by atoms with Crippen molar-refractivity contribution in [3.63, 3.8) is 0 Å². The van der Waals surface area contributed by atoms with E-state index in [1.165, 1.54) is 23.5 Å². The topological polar surface area (TPSA) is 49.2 Å². The van der Waals surface area contributed by atoms with Crippen LogP contribution in [0.3, 0.4) is 0 Å². The average molecular weight is 315 g/mol. The molecule has 3 heterocycles. The summed E-state index contributed by atoms with van der Waals surface area (Å²) in [5.74, 6) is 0.851. The molecule has 2 aliphatic rings. The molecule has 0 amide bonds. The number of anilines is 1. The number of aryl methyl sites for hydroxylation is 1. The van der Waals surface area contributed by atoms with Crippen LogP contribution in [0.25, 0.3) is 0 Å². The minimum Gasteiger partial charge on any atom is -0.396 e. The molecule has 0 aliphatic carbocycles. The quantitative estimate of drug-likeness (QED) is 0.942. The Labute approximate surface area is 135 Å². The van der Waals surface area contributed by atoms with Crippen LogP contribution in [0, 0.1) is 12.3 Å². The largest absolute Gasteiger partial charge is 0.396 e. The van der Waals surface area contributed by atoms with E-state index in [1.807, 2.05) is 13.0 Å². The predicted octanol–water partition coefficient (Wildman–Crippen LogP) is 2.81. The molecule has 3 atom stereocenters. The van der Waals surface area contributed by atoms with Crippen LogP contribution in [0.5, 0.6) is 0 Å². The van der Waals surface area contributed by atoms with Gasteiger partial charge in [-0.25, -0.2) is 4.98 Å². The first-order valence-corrected chi connectivity index (χ1v) is 8.73. The molecule has 4 nitrogen and oxygen atoms in total. The number of hydrogen-bond acceptors (Lipinski definition) is 5. The summed E-state index contributed by atoms with van der Waals surface area (Å²) in [7, 11) is 0. The lowest BCUT2D eigenvalue weighted by Gasteiger charge is -2.36. The fourth-order valence-corrected chi connectivity index (χ4v) is 5.19. The van der Waals surface area contributed by atoms with Crippen molar-refractivity contribution in [1.82, 2.24) is 9.36 Å². The molecule has 5 heteroatoms. The highest BCUT2D eigenvalue weighted by molar-refractivity contribution is 7.09. The summed E-state index contributed by atoms with van der Waals surface area (Å²) in [4.78, 5) is 7.04. The van der Waals surface area contributed by atoms with Gasteiger partial charge in [0, 0.05) is 29.0 Å². The van der Waals surface area contributed by atoms with Gasteiger partial charge in [0.05, 0.1) is 6.61 Å². The molecule has 22 heavy (non-hydrogen) atoms. The van der Waals surface area contributed by atoms with Crippen molar-refractivity contribution in [3.8, 4) is 0 Å². The van der Waals surface area contributed by atoms with Crippen molar-refractivity contribution in [1.29, 1.82) is 0 Å². The Kier molecular flexibility index (Phi) is 3.42. The van der Waals surface area contributed by atoms with E-state index in [0.717, 1.165) is 30.2 Å². The number of fused-ring (bicyclic) bond motifs is 2. The van der Waals surface area contributed by atoms with Crippen LogP contribution in [0.4, 0.5) is 5.13 Å². The standard InChI is InChI=1S/C17H21N3OS/c1-12-18-16(22-19-12)20-14-7-8-15(20)17(10-14,11-21)9-13-5-3-2-4-6-13/h2-6,14-15,21H,7-11H2,1H3/t14-,15+,17-/m1/s1. The van der Waals surface area contributed by atoms with E-state index in [0.29, 0.717) is 12.1 Å². The van der Waals surface area contributed by atoms with Crippen molar-refractivity contribution in [2.75, 3.05) is 11.5 Å². The first-order valence-electron chi connectivity index (χ1n) is 7.95. The number of hydrogen-bond donors (Lipinski definition) is 1. The first kappa shape index (κ1) is 14.2. The molecule has 0 unspecified atom stereocenters. The molecule has 2 saturated heterocycles. The van der Waals surface area contributed by atoms with Gasteiger partial charge in [-0.2, -0.15) is 4.37 Å². The molecule has 1 N–H and O–H groups in total. The molecule has 2 aliphatic heterocycles. The van der Waals surface area contributed by atoms with Crippen LogP contribution in [0.15, 0.2) is 30.3 Å². The molecular weight excluding hydrogens is 294 g/mol. The molecule has 2 bridgehead atoms. The molecule has 0 saturated carbocycles. The van der Waals surface area contributed by atoms with Gasteiger partial charge >= 0.3 is 0 Å². The van der Waals surface area contributed by atoms with Crippen LogP contribution >= 0.6 is 11.5 Å². The summed E-state index contributed by atoms with van der Waals surface area (Å²) in [5.41, 5.74) is 1.28. The third-order valence-corrected chi connectivity index (χ3v) is 6.12. The van der Waals surface area contributed by atoms with E-state index in [2.05, 4.69) is 38.5 Å². The van der Waals surface area contributed by atoms with Crippen LogP contribution < -0.4 is 4.90 Å². The number of rotatable bonds is 4. The Morgan fingerprint density at radius 2 is 2.14 bits per heavy atom. The zero-order chi connectivity index (χ0) is 15.2. The van der Waals surface area contributed by atoms with E-state index in [-0.39, 0.29) is 12.0 Å². The second-order valence-corrected chi connectivity index (χ2v) is 7.40. The summed E-state index contributed by atoms with van der Waals surface area (Å²) in [5, 5.41) is 11.2. The van der Waals surface area contributed by atoms with E-state index in [9.17, 15) is 5.11 Å². The van der Waals surface area contributed by atoms with Crippen LogP contribution in [-0.2, 0) is 6.42 Å². The molecule has 116 valence electrons. The lowest BCUT2D eigenvalue weighted by molar-refractivity contribution is 0.0985. The summed E-state index contributed by atoms with van der Waals surface area (Å²) >= 11 is 1.50. The highest BCUT2D eigenvalue weighted by atomic mass is 32.1. The lowest BCUT2D eigenvalue weighted by Crippen LogP contribution is -2.42. The molecule has 1 aromatic carbocycles. The summed E-state index contributed by atoms with van der Waals surface area (Å²) in [6, 6.07) is 11.4. The van der Waals surface area contributed by atoms with Crippen molar-refractivity contribution in [3.05, 3.63) is 41.7 Å². The van der Waals surface area contributed by atoms with Crippen LogP contribution in [-0.4, -0.2) is 33.2 Å². The number of nitrogens with zero attached hydrogens (tertiary/aromatic N) is 3. The van der Waals surface area contributed by atoms with Gasteiger partial charge in [-0.05, 0) is 38.2 Å². The third-order valence-electron chi connectivity index (χ3n) is 5.30. The SMILES string of the molecule is Cc1nsc(N2[C@@H]3CC[C@H]2[C@](CO)(Cc2ccccc2)C3)n1. The molecule has 2 aromatic rings. The summed E-state index contributed by atoms with van der Waals surface area (Å²) in [6.07, 6.45) is 4.36. The fraction of sp³-hybridized carbons (Fsp3) is 0.529. The lowest BCUT2D eigenvalue weighted by atomic mass is 9.70. The number of benzene rings is 1. The fourth-order valence-electron chi connectivity index (χ4n) is 4.39. The first-order chi connectivity index (χ1) is 10.7. The zero-order valence-electron chi connectivity index (χ0n) is 12.8. The van der Waals surface area contributed by atoms with Gasteiger partial charge in [-0.3, -0.25) is 0 Å². The monoisotopic (exact) mass is 315 g/mol. The van der Waals surface area contributed by atoms with Crippen molar-refractivity contribution in [2.24, 2.45) is 5.41 Å². The van der Waals surface area contributed by atoms with Gasteiger partial charge < -0.3 is 10.0 Å². The molecule has 2 fully saturated rings. The summed E-state index contributed by atoms with van der Waals surface area (Å²) < 4.78 is 4.34. The van der Waals surface area contributed by atoms with Gasteiger partial charge in [0.15, 0.2) is 0 Å². The van der Waals surface area contributed by atoms with Crippen molar-refractivity contribution in [2.45, 2.75) is 44.7 Å². The molecular formula is C17H21N3OS. The number of aromatic nitrogens is 2. The Morgan fingerprint density at radius 1 is 1.32 bits per heavy atom. The Hall–Kier alpha value is -1.46. The Balaban J connectivity index is 1.65. The second kappa shape index (κ2) is 5.32. The minimum atomic E-state index is -0.0379. The predicted molar refractivity (Wildman–Crippen MR) is 88.2 cm³/mol. The van der Waals surface area contributed by atoms with Crippen molar-refractivity contribution >= 4 is 16.7 Å². The van der Waals surface area contributed by atoms with Gasteiger partial charge in [0.2, 0.25) is 5.13 Å². The Morgan fingerprint density at radius 3 is 2.82 bits per heavy atom. The molecule has 1 aromatic heterocycles. The van der Waals surface area contributed by atoms with Gasteiger partial charge in [0.1, 0.15) is 5.82 Å². The average Bonchev–Trinajstić information content (AvgIpc) is 3.21. The molecule has 4 rings (SSSR count). The van der Waals surface area contributed by atoms with E-state index >= 15 is 0 Å².